The molecule has 8 aromatic carbocycles. The monoisotopic (exact) mass is 705 g/mol. The molecule has 0 aliphatic carbocycles. The van der Waals surface area contributed by atoms with Crippen LogP contribution in [0.4, 0.5) is 17.1 Å². The summed E-state index contributed by atoms with van der Waals surface area (Å²) in [5.41, 5.74) is 13.7. The van der Waals surface area contributed by atoms with E-state index in [1.165, 1.54) is 60.2 Å². The van der Waals surface area contributed by atoms with Gasteiger partial charge in [0, 0.05) is 57.2 Å². The first-order valence-electron chi connectivity index (χ1n) is 18.8. The summed E-state index contributed by atoms with van der Waals surface area (Å²) < 4.78 is 8.59. The summed E-state index contributed by atoms with van der Waals surface area (Å²) >= 11 is 0. The lowest BCUT2D eigenvalue weighted by Gasteiger charge is -2.26. The van der Waals surface area contributed by atoms with E-state index in [1.54, 1.807) is 0 Å². The number of fused-ring (bicyclic) bond motifs is 7. The molecule has 0 radical (unpaired) electrons. The average molecular weight is 706 g/mol. The summed E-state index contributed by atoms with van der Waals surface area (Å²) in [6, 6.07) is 65.7. The Kier molecular flexibility index (Phi) is 7.20. The molecule has 4 nitrogen and oxygen atoms in total. The van der Waals surface area contributed by atoms with E-state index in [-0.39, 0.29) is 0 Å². The molecule has 260 valence electrons. The lowest BCUT2D eigenvalue weighted by atomic mass is 9.97. The van der Waals surface area contributed by atoms with Crippen LogP contribution in [0.2, 0.25) is 0 Å². The van der Waals surface area contributed by atoms with Crippen LogP contribution >= 0.6 is 0 Å². The largest absolute Gasteiger partial charge is 0.456 e. The first-order chi connectivity index (χ1) is 27.3. The van der Waals surface area contributed by atoms with Gasteiger partial charge in [-0.25, -0.2) is 0 Å². The third-order valence-corrected chi connectivity index (χ3v) is 11.1. The van der Waals surface area contributed by atoms with Gasteiger partial charge in [-0.3, -0.25) is 0 Å². The molecular formula is C51H35N3O. The van der Waals surface area contributed by atoms with Crippen LogP contribution in [0.5, 0.6) is 0 Å². The van der Waals surface area contributed by atoms with Crippen molar-refractivity contribution >= 4 is 66.7 Å². The highest BCUT2D eigenvalue weighted by atomic mass is 16.3. The molecule has 0 fully saturated rings. The zero-order valence-electron chi connectivity index (χ0n) is 30.0. The van der Waals surface area contributed by atoms with Crippen LogP contribution in [0.25, 0.3) is 77.6 Å². The van der Waals surface area contributed by atoms with Crippen LogP contribution in [0.3, 0.4) is 0 Å². The Morgan fingerprint density at radius 2 is 1.11 bits per heavy atom. The zero-order chi connectivity index (χ0) is 36.3. The first kappa shape index (κ1) is 31.2. The van der Waals surface area contributed by atoms with Crippen LogP contribution in [-0.2, 0) is 6.54 Å². The summed E-state index contributed by atoms with van der Waals surface area (Å²) in [6.07, 6.45) is 3.97. The fourth-order valence-corrected chi connectivity index (χ4v) is 8.44. The normalized spacial score (nSPS) is 12.4. The zero-order valence-corrected chi connectivity index (χ0v) is 30.0. The Bertz CT molecular complexity index is 3020. The quantitative estimate of drug-likeness (QED) is 0.187. The van der Waals surface area contributed by atoms with Crippen molar-refractivity contribution in [3.05, 3.63) is 200 Å². The van der Waals surface area contributed by atoms with Crippen LogP contribution in [0.1, 0.15) is 11.3 Å². The van der Waals surface area contributed by atoms with Crippen molar-refractivity contribution in [3.8, 4) is 27.9 Å². The minimum absolute atomic E-state index is 0.755. The van der Waals surface area contributed by atoms with Crippen molar-refractivity contribution in [1.82, 2.24) is 9.88 Å². The number of hydrogen-bond acceptors (Lipinski definition) is 3. The van der Waals surface area contributed by atoms with E-state index < -0.39 is 0 Å². The van der Waals surface area contributed by atoms with Crippen molar-refractivity contribution in [2.24, 2.45) is 0 Å². The predicted molar refractivity (Wildman–Crippen MR) is 229 cm³/mol. The number of aromatic nitrogens is 1. The summed E-state index contributed by atoms with van der Waals surface area (Å²) in [7, 11) is 0. The molecule has 10 aromatic rings. The van der Waals surface area contributed by atoms with E-state index in [1.807, 2.05) is 12.3 Å². The van der Waals surface area contributed by atoms with Gasteiger partial charge < -0.3 is 19.2 Å². The Hall–Kier alpha value is -7.30. The van der Waals surface area contributed by atoms with E-state index in [9.17, 15) is 0 Å². The number of furan rings is 1. The molecule has 1 N–H and O–H groups in total. The van der Waals surface area contributed by atoms with Crippen molar-refractivity contribution < 1.29 is 4.42 Å². The second-order valence-corrected chi connectivity index (χ2v) is 14.2. The van der Waals surface area contributed by atoms with E-state index in [0.29, 0.717) is 0 Å². The standard InChI is InChI=1S/C51H35N3O/c1-2-9-38-32-42(29-20-34(38)8-1)53(40-27-21-37(22-28-40)43-12-7-15-50-51(43)46-33-52-31-30-49(46)55-50)39-23-16-35(17-24-39)36-18-25-41(26-19-36)54-47-13-5-3-10-44(47)45-11-4-6-14-48(45)54/h1-32,52H,33H2. The molecule has 0 spiro atoms. The van der Waals surface area contributed by atoms with Gasteiger partial charge >= 0.3 is 0 Å². The maximum atomic E-state index is 6.22. The number of para-hydroxylation sites is 2. The smallest absolute Gasteiger partial charge is 0.135 e. The van der Waals surface area contributed by atoms with Gasteiger partial charge in [-0.2, -0.15) is 0 Å². The van der Waals surface area contributed by atoms with Gasteiger partial charge in [-0.15, -0.1) is 0 Å². The second-order valence-electron chi connectivity index (χ2n) is 14.2. The van der Waals surface area contributed by atoms with E-state index in [2.05, 4.69) is 197 Å². The molecule has 0 saturated carbocycles. The Morgan fingerprint density at radius 1 is 0.509 bits per heavy atom. The average Bonchev–Trinajstić information content (AvgIpc) is 3.81. The van der Waals surface area contributed by atoms with E-state index >= 15 is 0 Å². The van der Waals surface area contributed by atoms with Gasteiger partial charge in [-0.1, -0.05) is 115 Å². The Balaban J connectivity index is 0.957. The Labute approximate surface area is 318 Å². The summed E-state index contributed by atoms with van der Waals surface area (Å²) in [5.74, 6) is 0.933. The number of nitrogens with zero attached hydrogens (tertiary/aromatic N) is 2. The number of rotatable bonds is 6. The molecule has 4 heteroatoms. The minimum atomic E-state index is 0.755. The second kappa shape index (κ2) is 12.7. The number of hydrogen-bond donors (Lipinski definition) is 1. The number of anilines is 3. The fraction of sp³-hybridized carbons (Fsp3) is 0.0196. The van der Waals surface area contributed by atoms with Gasteiger partial charge in [0.05, 0.1) is 11.0 Å². The highest BCUT2D eigenvalue weighted by molar-refractivity contribution is 6.09. The van der Waals surface area contributed by atoms with Gasteiger partial charge in [0.25, 0.3) is 0 Å². The maximum absolute atomic E-state index is 6.22. The predicted octanol–water partition coefficient (Wildman–Crippen LogP) is 13.6. The first-order valence-corrected chi connectivity index (χ1v) is 18.8. The van der Waals surface area contributed by atoms with Crippen molar-refractivity contribution in [2.75, 3.05) is 4.90 Å². The fourth-order valence-electron chi connectivity index (χ4n) is 8.44. The molecule has 3 heterocycles. The van der Waals surface area contributed by atoms with Crippen molar-refractivity contribution in [2.45, 2.75) is 6.54 Å². The summed E-state index contributed by atoms with van der Waals surface area (Å²) in [4.78, 5) is 2.35. The molecule has 0 bridgehead atoms. The van der Waals surface area contributed by atoms with Crippen LogP contribution in [-0.4, -0.2) is 4.57 Å². The van der Waals surface area contributed by atoms with Gasteiger partial charge in [-0.05, 0) is 106 Å². The van der Waals surface area contributed by atoms with Crippen LogP contribution in [0.15, 0.2) is 193 Å². The minimum Gasteiger partial charge on any atom is -0.456 e. The summed E-state index contributed by atoms with van der Waals surface area (Å²) in [5, 5.41) is 9.50. The van der Waals surface area contributed by atoms with Crippen molar-refractivity contribution in [1.29, 1.82) is 0 Å². The molecule has 0 atom stereocenters. The molecule has 1 aliphatic heterocycles. The van der Waals surface area contributed by atoms with Crippen molar-refractivity contribution in [3.63, 3.8) is 0 Å². The lowest BCUT2D eigenvalue weighted by molar-refractivity contribution is 0.592. The Morgan fingerprint density at radius 3 is 1.82 bits per heavy atom. The van der Waals surface area contributed by atoms with Crippen LogP contribution in [0, 0.1) is 0 Å². The third kappa shape index (κ3) is 5.22. The molecule has 55 heavy (non-hydrogen) atoms. The topological polar surface area (TPSA) is 33.3 Å². The summed E-state index contributed by atoms with van der Waals surface area (Å²) in [6.45, 7) is 0.755. The SMILES string of the molecule is C1=Cc2oc3cccc(-c4ccc(N(c5ccc(-c6ccc(-n7c8ccccc8c8ccccc87)cc6)cc5)c5ccc6ccccc6c5)cc4)c3c2CN1. The van der Waals surface area contributed by atoms with Gasteiger partial charge in [0.1, 0.15) is 11.3 Å². The molecule has 1 aliphatic rings. The molecule has 0 unspecified atom stereocenters. The molecule has 11 rings (SSSR count). The van der Waals surface area contributed by atoms with Gasteiger partial charge in [0.2, 0.25) is 0 Å². The molecule has 0 saturated heterocycles. The highest BCUT2D eigenvalue weighted by Crippen LogP contribution is 2.41. The molecule has 0 amide bonds. The lowest BCUT2D eigenvalue weighted by Crippen LogP contribution is -2.10. The molecular weight excluding hydrogens is 671 g/mol. The van der Waals surface area contributed by atoms with E-state index in [0.717, 1.165) is 46.2 Å². The maximum Gasteiger partial charge on any atom is 0.135 e. The highest BCUT2D eigenvalue weighted by Gasteiger charge is 2.19. The van der Waals surface area contributed by atoms with Crippen LogP contribution < -0.4 is 10.2 Å². The number of nitrogens with one attached hydrogen (secondary N) is 1. The van der Waals surface area contributed by atoms with Gasteiger partial charge in [0.15, 0.2) is 0 Å². The molecule has 2 aromatic heterocycles. The van der Waals surface area contributed by atoms with E-state index in [4.69, 9.17) is 4.42 Å². The third-order valence-electron chi connectivity index (χ3n) is 11.1. The number of benzene rings is 8.